The molecule has 1 spiro atoms. The van der Waals surface area contributed by atoms with Crippen LogP contribution in [0.15, 0.2) is 12.1 Å². The van der Waals surface area contributed by atoms with E-state index in [0.29, 0.717) is 5.91 Å². The van der Waals surface area contributed by atoms with Crippen molar-refractivity contribution in [2.75, 3.05) is 26.7 Å². The molecule has 5 heteroatoms. The molecule has 1 aromatic heterocycles. The second kappa shape index (κ2) is 6.51. The highest BCUT2D eigenvalue weighted by Gasteiger charge is 2.47. The number of hydrogen-bond donors (Lipinski definition) is 1. The summed E-state index contributed by atoms with van der Waals surface area (Å²) in [6.45, 7) is 7.02. The molecule has 2 fully saturated rings. The summed E-state index contributed by atoms with van der Waals surface area (Å²) in [5.41, 5.74) is -1.10. The molecule has 0 bridgehead atoms. The smallest absolute Gasteiger partial charge is 0.229 e. The monoisotopic (exact) mass is 346 g/mol. The lowest BCUT2D eigenvalue weighted by atomic mass is 9.78. The maximum atomic E-state index is 12.6. The molecule has 2 saturated heterocycles. The fourth-order valence-corrected chi connectivity index (χ4v) is 4.61. The minimum atomic E-state index is -0.959. The van der Waals surface area contributed by atoms with Gasteiger partial charge in [0.15, 0.2) is 0 Å². The molecule has 0 aromatic carbocycles. The molecular weight excluding hydrogens is 320 g/mol. The number of carbonyl (C=O) groups excluding carboxylic acids is 1. The average molecular weight is 346 g/mol. The summed E-state index contributed by atoms with van der Waals surface area (Å²) in [4.78, 5) is 19.1. The van der Waals surface area contributed by atoms with Crippen molar-refractivity contribution >= 4 is 17.2 Å². The third kappa shape index (κ3) is 3.83. The summed E-state index contributed by atoms with van der Waals surface area (Å²) < 4.78 is 0. The van der Waals surface area contributed by atoms with Gasteiger partial charge < -0.3 is 10.0 Å². The second-order valence-corrected chi connectivity index (χ2v) is 8.81. The van der Waals surface area contributed by atoms with Crippen LogP contribution in [0, 0.1) is 17.3 Å². The Bertz CT molecular complexity index is 680. The molecule has 130 valence electrons. The van der Waals surface area contributed by atoms with Crippen LogP contribution in [0.5, 0.6) is 0 Å². The van der Waals surface area contributed by atoms with Gasteiger partial charge in [-0.25, -0.2) is 0 Å². The normalized spacial score (nSPS) is 25.2. The van der Waals surface area contributed by atoms with Crippen LogP contribution >= 0.6 is 11.3 Å². The van der Waals surface area contributed by atoms with E-state index in [9.17, 15) is 9.90 Å². The van der Waals surface area contributed by atoms with Crippen molar-refractivity contribution in [2.24, 2.45) is 5.41 Å². The summed E-state index contributed by atoms with van der Waals surface area (Å²) in [6, 6.07) is 4.13. The molecule has 3 heterocycles. The molecule has 1 aromatic rings. The highest BCUT2D eigenvalue weighted by molar-refractivity contribution is 7.12. The SMILES string of the molecule is CN1CCC[C@@]2(CCN(Cc3ccc(C#CC(C)(C)O)s3)C2)C1=O. The van der Waals surface area contributed by atoms with Crippen LogP contribution in [0.3, 0.4) is 0 Å². The topological polar surface area (TPSA) is 43.8 Å². The van der Waals surface area contributed by atoms with Gasteiger partial charge in [0, 0.05) is 31.6 Å². The first-order valence-electron chi connectivity index (χ1n) is 8.60. The number of likely N-dealkylation sites (tertiary alicyclic amines) is 2. The van der Waals surface area contributed by atoms with Gasteiger partial charge in [-0.1, -0.05) is 11.8 Å². The van der Waals surface area contributed by atoms with Crippen molar-refractivity contribution in [3.05, 3.63) is 21.9 Å². The van der Waals surface area contributed by atoms with Gasteiger partial charge in [0.2, 0.25) is 5.91 Å². The first-order chi connectivity index (χ1) is 11.3. The maximum Gasteiger partial charge on any atom is 0.229 e. The zero-order valence-electron chi connectivity index (χ0n) is 14.8. The number of amides is 1. The van der Waals surface area contributed by atoms with Crippen molar-refractivity contribution in [3.8, 4) is 11.8 Å². The zero-order valence-corrected chi connectivity index (χ0v) is 15.6. The minimum absolute atomic E-state index is 0.145. The molecule has 1 amide bonds. The Morgan fingerprint density at radius 1 is 1.33 bits per heavy atom. The number of carbonyl (C=O) groups is 1. The van der Waals surface area contributed by atoms with Gasteiger partial charge in [-0.15, -0.1) is 11.3 Å². The lowest BCUT2D eigenvalue weighted by Gasteiger charge is -2.37. The fourth-order valence-electron chi connectivity index (χ4n) is 3.70. The molecule has 0 saturated carbocycles. The van der Waals surface area contributed by atoms with E-state index >= 15 is 0 Å². The van der Waals surface area contributed by atoms with Crippen molar-refractivity contribution in [2.45, 2.75) is 45.3 Å². The van der Waals surface area contributed by atoms with Gasteiger partial charge in [0.1, 0.15) is 5.60 Å². The quantitative estimate of drug-likeness (QED) is 0.836. The number of hydrogen-bond acceptors (Lipinski definition) is 4. The van der Waals surface area contributed by atoms with Gasteiger partial charge in [-0.3, -0.25) is 9.69 Å². The number of thiophene rings is 1. The predicted molar refractivity (Wildman–Crippen MR) is 96.7 cm³/mol. The van der Waals surface area contributed by atoms with Crippen LogP contribution in [-0.2, 0) is 11.3 Å². The van der Waals surface area contributed by atoms with Gasteiger partial charge in [-0.05, 0) is 51.8 Å². The van der Waals surface area contributed by atoms with E-state index in [1.807, 2.05) is 18.0 Å². The Hall–Kier alpha value is -1.35. The maximum absolute atomic E-state index is 12.6. The molecule has 1 N–H and O–H groups in total. The zero-order chi connectivity index (χ0) is 17.4. The number of piperidine rings is 1. The van der Waals surface area contributed by atoms with Crippen LogP contribution in [-0.4, -0.2) is 53.1 Å². The number of nitrogens with zero attached hydrogens (tertiary/aromatic N) is 2. The highest BCUT2D eigenvalue weighted by Crippen LogP contribution is 2.40. The van der Waals surface area contributed by atoms with Crippen molar-refractivity contribution < 1.29 is 9.90 Å². The first kappa shape index (κ1) is 17.5. The molecule has 3 rings (SSSR count). The molecule has 24 heavy (non-hydrogen) atoms. The lowest BCUT2D eigenvalue weighted by molar-refractivity contribution is -0.143. The standard InChI is InChI=1S/C19H26N2O2S/c1-18(2,23)9-7-15-5-6-16(24-15)13-21-12-10-19(14-21)8-4-11-20(3)17(19)22/h5-6,23H,4,8,10-14H2,1-3H3/t19-/m0/s1. The first-order valence-corrected chi connectivity index (χ1v) is 9.41. The van der Waals surface area contributed by atoms with E-state index in [2.05, 4.69) is 22.8 Å². The molecule has 0 radical (unpaired) electrons. The minimum Gasteiger partial charge on any atom is -0.378 e. The van der Waals surface area contributed by atoms with Crippen molar-refractivity contribution in [1.29, 1.82) is 0 Å². The Balaban J connectivity index is 1.63. The second-order valence-electron chi connectivity index (χ2n) is 7.65. The van der Waals surface area contributed by atoms with Crippen LogP contribution in [0.1, 0.15) is 42.9 Å². The molecular formula is C19H26N2O2S. The van der Waals surface area contributed by atoms with Crippen LogP contribution in [0.25, 0.3) is 0 Å². The summed E-state index contributed by atoms with van der Waals surface area (Å²) >= 11 is 1.68. The fraction of sp³-hybridized carbons (Fsp3) is 0.632. The van der Waals surface area contributed by atoms with Gasteiger partial charge in [0.05, 0.1) is 10.3 Å². The number of aliphatic hydroxyl groups is 1. The molecule has 2 aliphatic heterocycles. The Morgan fingerprint density at radius 3 is 2.88 bits per heavy atom. The van der Waals surface area contributed by atoms with E-state index in [1.54, 1.807) is 25.2 Å². The van der Waals surface area contributed by atoms with E-state index in [-0.39, 0.29) is 5.41 Å². The average Bonchev–Trinajstić information content (AvgIpc) is 3.11. The van der Waals surface area contributed by atoms with Gasteiger partial charge in [-0.2, -0.15) is 0 Å². The number of rotatable bonds is 2. The molecule has 2 aliphatic rings. The third-order valence-corrected chi connectivity index (χ3v) is 5.90. The van der Waals surface area contributed by atoms with Crippen LogP contribution in [0.4, 0.5) is 0 Å². The molecule has 4 nitrogen and oxygen atoms in total. The third-order valence-electron chi connectivity index (χ3n) is 4.91. The summed E-state index contributed by atoms with van der Waals surface area (Å²) in [5, 5.41) is 9.69. The largest absolute Gasteiger partial charge is 0.378 e. The Kier molecular flexibility index (Phi) is 4.74. The molecule has 0 unspecified atom stereocenters. The summed E-state index contributed by atoms with van der Waals surface area (Å²) in [6.07, 6.45) is 3.12. The molecule has 1 atom stereocenters. The summed E-state index contributed by atoms with van der Waals surface area (Å²) in [5.74, 6) is 6.23. The van der Waals surface area contributed by atoms with E-state index in [1.165, 1.54) is 4.88 Å². The summed E-state index contributed by atoms with van der Waals surface area (Å²) in [7, 11) is 1.93. The van der Waals surface area contributed by atoms with Gasteiger partial charge in [0.25, 0.3) is 0 Å². The Labute approximate surface area is 148 Å². The Morgan fingerprint density at radius 2 is 2.12 bits per heavy atom. The van der Waals surface area contributed by atoms with E-state index < -0.39 is 5.60 Å². The van der Waals surface area contributed by atoms with Crippen molar-refractivity contribution in [1.82, 2.24) is 9.80 Å². The highest BCUT2D eigenvalue weighted by atomic mass is 32.1. The van der Waals surface area contributed by atoms with E-state index in [0.717, 1.165) is 50.3 Å². The lowest BCUT2D eigenvalue weighted by Crippen LogP contribution is -2.48. The van der Waals surface area contributed by atoms with Gasteiger partial charge >= 0.3 is 0 Å². The predicted octanol–water partition coefficient (Wildman–Crippen LogP) is 2.31. The van der Waals surface area contributed by atoms with Crippen LogP contribution in [0.2, 0.25) is 0 Å². The molecule has 0 aliphatic carbocycles. The van der Waals surface area contributed by atoms with Crippen LogP contribution < -0.4 is 0 Å². The van der Waals surface area contributed by atoms with E-state index in [4.69, 9.17) is 0 Å². The van der Waals surface area contributed by atoms with Crippen molar-refractivity contribution in [3.63, 3.8) is 0 Å².